The van der Waals surface area contributed by atoms with E-state index in [1.54, 1.807) is 30.3 Å². The number of hydrogen-bond donors (Lipinski definition) is 0. The second-order valence-corrected chi connectivity index (χ2v) is 2.95. The van der Waals surface area contributed by atoms with Gasteiger partial charge in [0.1, 0.15) is 0 Å². The molecule has 1 rings (SSSR count). The van der Waals surface area contributed by atoms with Crippen molar-refractivity contribution in [2.24, 2.45) is 0 Å². The Morgan fingerprint density at radius 2 is 1.62 bits per heavy atom. The van der Waals surface area contributed by atoms with Gasteiger partial charge in [-0.3, -0.25) is 0 Å². The topological polar surface area (TPSA) is 64.1 Å². The molecular weight excluding hydrogens is 199 g/mol. The summed E-state index contributed by atoms with van der Waals surface area (Å²) in [4.78, 5) is 0.301. The fourth-order valence-electron chi connectivity index (χ4n) is 0.715. The van der Waals surface area contributed by atoms with Gasteiger partial charge in [0.25, 0.3) is 0 Å². The number of benzene rings is 1. The first-order valence-electron chi connectivity index (χ1n) is 3.06. The van der Waals surface area contributed by atoms with Gasteiger partial charge in [0.15, 0.2) is 0 Å². The molecule has 5 heteroatoms. The molecule has 3 nitrogen and oxygen atoms in total. The first kappa shape index (κ1) is 15.3. The second-order valence-electron chi connectivity index (χ2n) is 2.01. The summed E-state index contributed by atoms with van der Waals surface area (Å²) in [5.74, 6) is 0. The summed E-state index contributed by atoms with van der Waals surface area (Å²) in [6, 6.07) is 6.50. The summed E-state index contributed by atoms with van der Waals surface area (Å²) in [7, 11) is -2.12. The Hall–Kier alpha value is -0.130. The van der Waals surface area contributed by atoms with Gasteiger partial charge in [-0.2, -0.15) is 0 Å². The van der Waals surface area contributed by atoms with Crippen molar-refractivity contribution in [3.63, 3.8) is 0 Å². The first-order chi connectivity index (χ1) is 5.24. The van der Waals surface area contributed by atoms with Gasteiger partial charge in [-0.15, -0.1) is 0 Å². The van der Waals surface area contributed by atoms with Crippen LogP contribution in [0.3, 0.4) is 0 Å². The van der Waals surface area contributed by atoms with E-state index in [2.05, 4.69) is 6.58 Å². The van der Waals surface area contributed by atoms with Crippen molar-refractivity contribution in [2.45, 2.75) is 4.90 Å². The molecule has 0 fully saturated rings. The molecule has 1 N–H and O–H groups in total. The third-order valence-electron chi connectivity index (χ3n) is 1.31. The Morgan fingerprint density at radius 3 is 1.92 bits per heavy atom. The standard InChI is InChI=1S/C8H7O2S.Na.H2O/c1-2-7-3-5-8(6-4-7)11(9)10;;/h2-6H,1H2;;1H2/q-1;+1;/p-1. The first-order valence-corrected chi connectivity index (χ1v) is 4.13. The summed E-state index contributed by atoms with van der Waals surface area (Å²) >= 11 is 0. The van der Waals surface area contributed by atoms with Crippen LogP contribution in [-0.2, 0) is 19.1 Å². The molecule has 13 heavy (non-hydrogen) atoms. The van der Waals surface area contributed by atoms with Crippen molar-refractivity contribution in [1.29, 1.82) is 0 Å². The maximum Gasteiger partial charge on any atom is 1.00 e. The van der Waals surface area contributed by atoms with Crippen molar-refractivity contribution < 1.29 is 43.5 Å². The molecule has 0 saturated heterocycles. The van der Waals surface area contributed by atoms with Crippen LogP contribution in [0, 0.1) is 0 Å². The van der Waals surface area contributed by atoms with E-state index in [1.807, 2.05) is 0 Å². The third-order valence-corrected chi connectivity index (χ3v) is 1.97. The minimum Gasteiger partial charge on any atom is -0.870 e. The van der Waals surface area contributed by atoms with Crippen LogP contribution in [0.25, 0.3) is 6.08 Å². The van der Waals surface area contributed by atoms with Crippen LogP contribution in [0.2, 0.25) is 0 Å². The van der Waals surface area contributed by atoms with Gasteiger partial charge in [-0.05, 0) is 16.3 Å². The van der Waals surface area contributed by atoms with Gasteiger partial charge < -0.3 is 13.9 Å². The van der Waals surface area contributed by atoms with Crippen molar-refractivity contribution in [2.75, 3.05) is 0 Å². The molecule has 0 bridgehead atoms. The Balaban J connectivity index is 0. The fraction of sp³-hybridized carbons (Fsp3) is 0. The van der Waals surface area contributed by atoms with E-state index >= 15 is 0 Å². The molecule has 1 aromatic rings. The smallest absolute Gasteiger partial charge is 0.870 e. The summed E-state index contributed by atoms with van der Waals surface area (Å²) in [6.07, 6.45) is 1.66. The molecule has 0 radical (unpaired) electrons. The Kier molecular flexibility index (Phi) is 8.61. The summed E-state index contributed by atoms with van der Waals surface area (Å²) < 4.78 is 20.7. The monoisotopic (exact) mass is 207 g/mol. The van der Waals surface area contributed by atoms with E-state index in [-0.39, 0.29) is 35.0 Å². The predicted molar refractivity (Wildman–Crippen MR) is 45.5 cm³/mol. The number of rotatable bonds is 2. The van der Waals surface area contributed by atoms with Crippen LogP contribution in [0.5, 0.6) is 0 Å². The summed E-state index contributed by atoms with van der Waals surface area (Å²) in [6.45, 7) is 3.55. The molecule has 0 spiro atoms. The SMILES string of the molecule is C=Cc1ccc([S-](=O)=O)cc1.[Na+].[OH-]. The molecule has 0 saturated carbocycles. The zero-order valence-electron chi connectivity index (χ0n) is 7.27. The van der Waals surface area contributed by atoms with Crippen molar-refractivity contribution in [1.82, 2.24) is 0 Å². The molecule has 0 aliphatic rings. The van der Waals surface area contributed by atoms with E-state index in [9.17, 15) is 8.42 Å². The van der Waals surface area contributed by atoms with Crippen LogP contribution in [-0.4, -0.2) is 5.48 Å². The average molecular weight is 207 g/mol. The number of hydrogen-bond acceptors (Lipinski definition) is 4. The van der Waals surface area contributed by atoms with Crippen molar-refractivity contribution in [3.05, 3.63) is 36.4 Å². The van der Waals surface area contributed by atoms with E-state index < -0.39 is 10.7 Å². The Morgan fingerprint density at radius 1 is 1.15 bits per heavy atom. The third kappa shape index (κ3) is 4.59. The minimum absolute atomic E-state index is 0. The zero-order valence-corrected chi connectivity index (χ0v) is 10.1. The zero-order chi connectivity index (χ0) is 8.27. The van der Waals surface area contributed by atoms with Gasteiger partial charge in [0, 0.05) is 0 Å². The maximum absolute atomic E-state index is 10.4. The van der Waals surface area contributed by atoms with Crippen LogP contribution in [0.4, 0.5) is 0 Å². The second kappa shape index (κ2) is 7.29. The van der Waals surface area contributed by atoms with E-state index in [4.69, 9.17) is 0 Å². The molecule has 0 aliphatic heterocycles. The van der Waals surface area contributed by atoms with Gasteiger partial charge in [0.2, 0.25) is 0 Å². The molecule has 0 aliphatic carbocycles. The predicted octanol–water partition coefficient (Wildman–Crippen LogP) is -1.18. The average Bonchev–Trinajstić information content (AvgIpc) is 2.05. The quantitative estimate of drug-likeness (QED) is 0.453. The minimum atomic E-state index is -2.12. The summed E-state index contributed by atoms with van der Waals surface area (Å²) in [5.41, 5.74) is 0.916. The fourth-order valence-corrected chi connectivity index (χ4v) is 1.07. The van der Waals surface area contributed by atoms with Gasteiger partial charge in [0.05, 0.1) is 0 Å². The van der Waals surface area contributed by atoms with Crippen molar-refractivity contribution >= 4 is 16.8 Å². The molecule has 0 heterocycles. The van der Waals surface area contributed by atoms with Crippen LogP contribution >= 0.6 is 0 Å². The van der Waals surface area contributed by atoms with Crippen LogP contribution in [0.1, 0.15) is 5.56 Å². The summed E-state index contributed by atoms with van der Waals surface area (Å²) in [5, 5.41) is 0. The molecular formula is C8H8NaO3S-. The molecule has 0 aromatic heterocycles. The Labute approximate surface area is 101 Å². The molecule has 66 valence electrons. The van der Waals surface area contributed by atoms with E-state index in [0.717, 1.165) is 5.56 Å². The van der Waals surface area contributed by atoms with Crippen molar-refractivity contribution in [3.8, 4) is 0 Å². The van der Waals surface area contributed by atoms with E-state index in [1.165, 1.54) is 0 Å². The van der Waals surface area contributed by atoms with Crippen LogP contribution < -0.4 is 29.6 Å². The van der Waals surface area contributed by atoms with Crippen LogP contribution in [0.15, 0.2) is 35.7 Å². The molecule has 0 atom stereocenters. The van der Waals surface area contributed by atoms with Gasteiger partial charge in [-0.1, -0.05) is 41.8 Å². The molecule has 1 aromatic carbocycles. The molecule has 0 unspecified atom stereocenters. The van der Waals surface area contributed by atoms with Gasteiger partial charge in [-0.25, -0.2) is 0 Å². The molecule has 0 amide bonds. The van der Waals surface area contributed by atoms with Gasteiger partial charge >= 0.3 is 29.6 Å². The Bertz CT molecular complexity index is 322. The largest absolute Gasteiger partial charge is 1.00 e. The maximum atomic E-state index is 10.4. The van der Waals surface area contributed by atoms with E-state index in [0.29, 0.717) is 4.90 Å². The normalized spacial score (nSPS) is 8.38.